The van der Waals surface area contributed by atoms with E-state index in [0.29, 0.717) is 32.0 Å². The predicted molar refractivity (Wildman–Crippen MR) is 118 cm³/mol. The van der Waals surface area contributed by atoms with Crippen molar-refractivity contribution in [2.45, 2.75) is 39.8 Å². The Morgan fingerprint density at radius 3 is 2.16 bits per heavy atom. The molecule has 0 unspecified atom stereocenters. The minimum absolute atomic E-state index is 0.0396. The smallest absolute Gasteiger partial charge is 0.261 e. The third-order valence-electron chi connectivity index (χ3n) is 3.92. The summed E-state index contributed by atoms with van der Waals surface area (Å²) in [5.74, 6) is 0.0396. The quantitative estimate of drug-likeness (QED) is 0.431. The molecule has 0 spiro atoms. The van der Waals surface area contributed by atoms with E-state index in [1.165, 1.54) is 5.56 Å². The minimum atomic E-state index is -3.67. The molecule has 0 saturated heterocycles. The van der Waals surface area contributed by atoms with Gasteiger partial charge in [-0.25, -0.2) is 0 Å². The number of carbonyl (C=O) groups is 1. The Kier molecular flexibility index (Phi) is 8.74. The van der Waals surface area contributed by atoms with E-state index >= 15 is 0 Å². The van der Waals surface area contributed by atoms with Crippen LogP contribution in [0.2, 0.25) is 0 Å². The first-order valence-electron chi connectivity index (χ1n) is 9.18. The Morgan fingerprint density at radius 2 is 1.68 bits per heavy atom. The number of nitrogens with one attached hydrogen (secondary N) is 1. The van der Waals surface area contributed by atoms with Gasteiger partial charge in [0.1, 0.15) is 0 Å². The van der Waals surface area contributed by atoms with Crippen LogP contribution in [0.4, 0.5) is 0 Å². The first-order chi connectivity index (χ1) is 13.8. The van der Waals surface area contributed by atoms with Crippen LogP contribution in [0.25, 0.3) is 10.9 Å². The highest BCUT2D eigenvalue weighted by molar-refractivity contribution is 7.85. The normalized spacial score (nSPS) is 17.1. The number of H-pyrrole nitrogens is 1. The number of aromatic amines is 1. The zero-order valence-electron chi connectivity index (χ0n) is 18.2. The maximum Gasteiger partial charge on any atom is 0.261 e. The van der Waals surface area contributed by atoms with Crippen LogP contribution < -0.4 is 5.73 Å². The molecule has 1 amide bonds. The molecule has 2 heterocycles. The maximum absolute atomic E-state index is 12.5. The van der Waals surface area contributed by atoms with Crippen LogP contribution in [0.3, 0.4) is 0 Å². The number of aromatic nitrogens is 2. The van der Waals surface area contributed by atoms with Gasteiger partial charge in [-0.2, -0.15) is 21.9 Å². The minimum Gasteiger partial charge on any atom is -0.336 e. The second-order valence-electron chi connectivity index (χ2n) is 8.57. The van der Waals surface area contributed by atoms with Crippen molar-refractivity contribution in [2.75, 3.05) is 19.1 Å². The number of hydrogen-bond donors (Lipinski definition) is 4. The summed E-state index contributed by atoms with van der Waals surface area (Å²) in [6.45, 7) is 7.71. The highest BCUT2D eigenvalue weighted by Gasteiger charge is 2.30. The van der Waals surface area contributed by atoms with Gasteiger partial charge in [-0.3, -0.25) is 19.0 Å². The van der Waals surface area contributed by atoms with Crippen LogP contribution in [0.15, 0.2) is 18.3 Å². The lowest BCUT2D eigenvalue weighted by Gasteiger charge is -2.30. The van der Waals surface area contributed by atoms with Gasteiger partial charge < -0.3 is 10.6 Å². The Bertz CT molecular complexity index is 1070. The van der Waals surface area contributed by atoms with Gasteiger partial charge in [0.05, 0.1) is 30.3 Å². The third-order valence-corrected chi connectivity index (χ3v) is 3.92. The number of nitrogens with zero attached hydrogens (tertiary/aromatic N) is 2. The van der Waals surface area contributed by atoms with Gasteiger partial charge in [0.25, 0.3) is 20.2 Å². The van der Waals surface area contributed by atoms with Crippen molar-refractivity contribution in [3.05, 3.63) is 29.5 Å². The number of hydrogen-bond acceptors (Lipinski definition) is 7. The van der Waals surface area contributed by atoms with Crippen LogP contribution in [0.5, 0.6) is 0 Å². The highest BCUT2D eigenvalue weighted by Crippen LogP contribution is 2.28. The van der Waals surface area contributed by atoms with Gasteiger partial charge in [0.15, 0.2) is 0 Å². The second-order valence-corrected chi connectivity index (χ2v) is 11.5. The molecule has 1 aromatic carbocycles. The van der Waals surface area contributed by atoms with E-state index < -0.39 is 26.3 Å². The number of benzene rings is 1. The molecule has 176 valence electrons. The molecule has 3 rings (SSSR count). The molecule has 0 bridgehead atoms. The average Bonchev–Trinajstić information content (AvgIpc) is 2.95. The van der Waals surface area contributed by atoms with E-state index in [1.807, 2.05) is 17.2 Å². The van der Waals surface area contributed by atoms with Crippen molar-refractivity contribution in [3.63, 3.8) is 0 Å². The molecular weight excluding hydrogens is 448 g/mol. The lowest BCUT2D eigenvalue weighted by atomic mass is 9.95. The lowest BCUT2D eigenvalue weighted by Crippen LogP contribution is -2.45. The van der Waals surface area contributed by atoms with Crippen molar-refractivity contribution >= 4 is 37.0 Å². The van der Waals surface area contributed by atoms with Gasteiger partial charge in [0.2, 0.25) is 5.91 Å². The van der Waals surface area contributed by atoms with E-state index in [0.717, 1.165) is 16.5 Å². The summed E-state index contributed by atoms with van der Waals surface area (Å²) in [5, 5.41) is 8.20. The molecule has 5 N–H and O–H groups in total. The van der Waals surface area contributed by atoms with E-state index in [1.54, 1.807) is 0 Å². The van der Waals surface area contributed by atoms with E-state index in [-0.39, 0.29) is 11.3 Å². The summed E-state index contributed by atoms with van der Waals surface area (Å²) in [6.07, 6.45) is 3.86. The molecule has 2 aromatic rings. The number of amides is 1. The molecule has 1 atom stereocenters. The molecular formula is C18H30N4O7S2. The zero-order valence-corrected chi connectivity index (χ0v) is 19.8. The Morgan fingerprint density at radius 1 is 1.16 bits per heavy atom. The Labute approximate surface area is 182 Å². The van der Waals surface area contributed by atoms with Crippen molar-refractivity contribution < 1.29 is 30.7 Å². The number of nitrogens with two attached hydrogens (primary N) is 1. The van der Waals surface area contributed by atoms with Crippen molar-refractivity contribution in [1.82, 2.24) is 15.1 Å². The largest absolute Gasteiger partial charge is 0.336 e. The zero-order chi connectivity index (χ0) is 24.2. The number of rotatable bonds is 1. The summed E-state index contributed by atoms with van der Waals surface area (Å²) in [6, 6.07) is 3.61. The first-order valence-corrected chi connectivity index (χ1v) is 12.9. The topological polar surface area (TPSA) is 184 Å². The van der Waals surface area contributed by atoms with Crippen LogP contribution in [-0.2, 0) is 38.0 Å². The van der Waals surface area contributed by atoms with E-state index in [9.17, 15) is 21.6 Å². The first kappa shape index (κ1) is 27.0. The van der Waals surface area contributed by atoms with E-state index in [4.69, 9.17) is 14.8 Å². The Balaban J connectivity index is 0.000000404. The van der Waals surface area contributed by atoms with Gasteiger partial charge >= 0.3 is 0 Å². The number of fused-ring (bicyclic) bond motifs is 3. The fraction of sp³-hybridized carbons (Fsp3) is 0.556. The second kappa shape index (κ2) is 10.0. The summed E-state index contributed by atoms with van der Waals surface area (Å²) in [4.78, 5) is 14.4. The molecule has 0 aliphatic carbocycles. The predicted octanol–water partition coefficient (Wildman–Crippen LogP) is 0.829. The van der Waals surface area contributed by atoms with Gasteiger partial charge in [-0.05, 0) is 29.0 Å². The molecule has 1 aliphatic rings. The SMILES string of the molecule is CC(C)(C)CN1Cc2c(ccc3[nH]ncc23)C[C@@H](N)C1=O.CS(=O)(=O)O.CS(=O)(=O)O. The van der Waals surface area contributed by atoms with Gasteiger partial charge in [0, 0.05) is 18.5 Å². The molecule has 11 nitrogen and oxygen atoms in total. The summed E-state index contributed by atoms with van der Waals surface area (Å²) < 4.78 is 51.7. The molecule has 0 saturated carbocycles. The Hall–Kier alpha value is -2.06. The molecule has 0 fully saturated rings. The van der Waals surface area contributed by atoms with Crippen LogP contribution in [0, 0.1) is 5.41 Å². The lowest BCUT2D eigenvalue weighted by molar-refractivity contribution is -0.134. The fourth-order valence-corrected chi connectivity index (χ4v) is 3.03. The molecule has 13 heteroatoms. The monoisotopic (exact) mass is 478 g/mol. The van der Waals surface area contributed by atoms with Crippen molar-refractivity contribution in [3.8, 4) is 0 Å². The van der Waals surface area contributed by atoms with Crippen LogP contribution in [-0.4, -0.2) is 72.0 Å². The molecule has 1 aliphatic heterocycles. The summed E-state index contributed by atoms with van der Waals surface area (Å²) in [7, 11) is -7.33. The highest BCUT2D eigenvalue weighted by atomic mass is 32.2. The van der Waals surface area contributed by atoms with E-state index in [2.05, 4.69) is 37.0 Å². The molecule has 31 heavy (non-hydrogen) atoms. The summed E-state index contributed by atoms with van der Waals surface area (Å²) in [5.41, 5.74) is 9.49. The molecule has 0 radical (unpaired) electrons. The molecule has 1 aromatic heterocycles. The van der Waals surface area contributed by atoms with Gasteiger partial charge in [-0.1, -0.05) is 26.8 Å². The average molecular weight is 479 g/mol. The summed E-state index contributed by atoms with van der Waals surface area (Å²) >= 11 is 0. The standard InChI is InChI=1S/C16H22N4O.2CH4O3S/c1-16(2,3)9-20-8-12-10(6-13(17)15(20)21)4-5-14-11(12)7-18-19-14;2*1-5(2,3)4/h4-5,7,13H,6,8-9,17H2,1-3H3,(H,18,19);2*1H3,(H,2,3,4)/t13-;;/m1../s1. The number of carbonyl (C=O) groups excluding carboxylic acids is 1. The van der Waals surface area contributed by atoms with Crippen LogP contribution in [0.1, 0.15) is 31.9 Å². The van der Waals surface area contributed by atoms with Crippen molar-refractivity contribution in [1.29, 1.82) is 0 Å². The van der Waals surface area contributed by atoms with Gasteiger partial charge in [-0.15, -0.1) is 0 Å². The van der Waals surface area contributed by atoms with Crippen molar-refractivity contribution in [2.24, 2.45) is 11.1 Å². The third kappa shape index (κ3) is 10.7. The maximum atomic E-state index is 12.5. The van der Waals surface area contributed by atoms with Crippen LogP contribution >= 0.6 is 0 Å². The fourth-order valence-electron chi connectivity index (χ4n) is 3.03.